The average molecular weight is 282 g/mol. The third-order valence-corrected chi connectivity index (χ3v) is 3.38. The van der Waals surface area contributed by atoms with E-state index in [1.807, 2.05) is 0 Å². The van der Waals surface area contributed by atoms with E-state index in [0.29, 0.717) is 11.9 Å². The van der Waals surface area contributed by atoms with Gasteiger partial charge < -0.3 is 0 Å². The minimum Gasteiger partial charge on any atom is -0.210 e. The van der Waals surface area contributed by atoms with Crippen LogP contribution in [0.5, 0.6) is 0 Å². The van der Waals surface area contributed by atoms with E-state index in [4.69, 9.17) is 0 Å². The van der Waals surface area contributed by atoms with Gasteiger partial charge in [0, 0.05) is 11.9 Å². The number of benzene rings is 1. The zero-order valence-electron chi connectivity index (χ0n) is 7.20. The zero-order chi connectivity index (χ0) is 10.6. The van der Waals surface area contributed by atoms with Crippen LogP contribution in [0.3, 0.4) is 0 Å². The number of alkyl halides is 1. The van der Waals surface area contributed by atoms with Crippen LogP contribution < -0.4 is 4.72 Å². The first-order valence-corrected chi connectivity index (χ1v) is 6.48. The summed E-state index contributed by atoms with van der Waals surface area (Å²) < 4.78 is 37.7. The van der Waals surface area contributed by atoms with E-state index in [2.05, 4.69) is 20.7 Å². The molecule has 0 amide bonds. The second kappa shape index (κ2) is 4.86. The van der Waals surface area contributed by atoms with Gasteiger partial charge in [-0.15, -0.1) is 0 Å². The van der Waals surface area contributed by atoms with Gasteiger partial charge in [-0.05, 0) is 24.3 Å². The average Bonchev–Trinajstić information content (AvgIpc) is 2.16. The van der Waals surface area contributed by atoms with Crippen LogP contribution in [0.2, 0.25) is 0 Å². The molecule has 78 valence electrons. The van der Waals surface area contributed by atoms with Gasteiger partial charge in [-0.2, -0.15) is 0 Å². The van der Waals surface area contributed by atoms with E-state index in [1.54, 1.807) is 0 Å². The number of halogens is 2. The number of rotatable bonds is 4. The maximum Gasteiger partial charge on any atom is 0.240 e. The van der Waals surface area contributed by atoms with E-state index in [0.717, 1.165) is 12.1 Å². The standard InChI is InChI=1S/C8H9BrFNO2S/c9-5-6-11-14(12,13)8-3-1-7(10)2-4-8/h1-4,11H,5-6H2. The molecule has 1 rings (SSSR count). The number of hydrogen-bond acceptors (Lipinski definition) is 2. The highest BCUT2D eigenvalue weighted by atomic mass is 79.9. The van der Waals surface area contributed by atoms with Crippen LogP contribution in [0.1, 0.15) is 0 Å². The second-order valence-electron chi connectivity index (χ2n) is 2.54. The summed E-state index contributed by atoms with van der Waals surface area (Å²) in [7, 11) is -3.49. The summed E-state index contributed by atoms with van der Waals surface area (Å²) in [6, 6.07) is 4.68. The van der Waals surface area contributed by atoms with Gasteiger partial charge in [0.2, 0.25) is 10.0 Å². The summed E-state index contributed by atoms with van der Waals surface area (Å²) in [6.45, 7) is 0.305. The van der Waals surface area contributed by atoms with Crippen molar-refractivity contribution in [2.45, 2.75) is 4.90 Å². The molecule has 0 aliphatic heterocycles. The van der Waals surface area contributed by atoms with Crippen molar-refractivity contribution in [3.05, 3.63) is 30.1 Å². The number of nitrogens with one attached hydrogen (secondary N) is 1. The molecule has 0 aromatic heterocycles. The molecule has 6 heteroatoms. The van der Waals surface area contributed by atoms with E-state index in [9.17, 15) is 12.8 Å². The van der Waals surface area contributed by atoms with Gasteiger partial charge in [0.15, 0.2) is 0 Å². The molecule has 0 bridgehead atoms. The Morgan fingerprint density at radius 2 is 1.86 bits per heavy atom. The molecule has 1 N–H and O–H groups in total. The molecule has 0 aliphatic rings. The van der Waals surface area contributed by atoms with Crippen molar-refractivity contribution < 1.29 is 12.8 Å². The molecule has 0 atom stereocenters. The molecule has 3 nitrogen and oxygen atoms in total. The largest absolute Gasteiger partial charge is 0.240 e. The van der Waals surface area contributed by atoms with Crippen molar-refractivity contribution in [2.24, 2.45) is 0 Å². The van der Waals surface area contributed by atoms with Crippen LogP contribution in [-0.4, -0.2) is 20.3 Å². The Kier molecular flexibility index (Phi) is 4.03. The monoisotopic (exact) mass is 281 g/mol. The fraction of sp³-hybridized carbons (Fsp3) is 0.250. The van der Waals surface area contributed by atoms with Gasteiger partial charge in [0.25, 0.3) is 0 Å². The van der Waals surface area contributed by atoms with Gasteiger partial charge in [0.1, 0.15) is 5.82 Å². The highest BCUT2D eigenvalue weighted by Crippen LogP contribution is 2.08. The van der Waals surface area contributed by atoms with Gasteiger partial charge in [-0.25, -0.2) is 17.5 Å². The minimum atomic E-state index is -3.49. The lowest BCUT2D eigenvalue weighted by Gasteiger charge is -2.04. The molecule has 1 aromatic rings. The smallest absolute Gasteiger partial charge is 0.210 e. The normalized spacial score (nSPS) is 11.6. The molecule has 1 aromatic carbocycles. The molecular formula is C8H9BrFNO2S. The molecule has 0 spiro atoms. The van der Waals surface area contributed by atoms with Gasteiger partial charge in [-0.3, -0.25) is 0 Å². The Balaban J connectivity index is 2.87. The van der Waals surface area contributed by atoms with E-state index in [1.165, 1.54) is 12.1 Å². The molecule has 0 unspecified atom stereocenters. The zero-order valence-corrected chi connectivity index (χ0v) is 9.61. The van der Waals surface area contributed by atoms with Gasteiger partial charge >= 0.3 is 0 Å². The molecule has 0 fully saturated rings. The van der Waals surface area contributed by atoms with Crippen LogP contribution in [0.25, 0.3) is 0 Å². The molecule has 0 heterocycles. The maximum atomic E-state index is 12.5. The molecule has 0 saturated carbocycles. The lowest BCUT2D eigenvalue weighted by Crippen LogP contribution is -2.25. The molecule has 0 aliphatic carbocycles. The summed E-state index contributed by atoms with van der Waals surface area (Å²) in [4.78, 5) is 0.0693. The first-order chi connectivity index (χ1) is 6.56. The van der Waals surface area contributed by atoms with E-state index in [-0.39, 0.29) is 4.90 Å². The Morgan fingerprint density at radius 1 is 1.29 bits per heavy atom. The maximum absolute atomic E-state index is 12.5. The van der Waals surface area contributed by atoms with Crippen LogP contribution in [0.4, 0.5) is 4.39 Å². The molecule has 0 radical (unpaired) electrons. The highest BCUT2D eigenvalue weighted by Gasteiger charge is 2.12. The predicted octanol–water partition coefficient (Wildman–Crippen LogP) is 1.50. The quantitative estimate of drug-likeness (QED) is 0.851. The summed E-state index contributed by atoms with van der Waals surface area (Å²) in [5.74, 6) is -0.454. The first-order valence-electron chi connectivity index (χ1n) is 3.87. The Morgan fingerprint density at radius 3 is 2.36 bits per heavy atom. The lowest BCUT2D eigenvalue weighted by atomic mass is 10.4. The molecule has 14 heavy (non-hydrogen) atoms. The van der Waals surface area contributed by atoms with Crippen LogP contribution in [0, 0.1) is 5.82 Å². The summed E-state index contributed by atoms with van der Waals surface area (Å²) in [5, 5.41) is 0.535. The lowest BCUT2D eigenvalue weighted by molar-refractivity contribution is 0.583. The van der Waals surface area contributed by atoms with Crippen LogP contribution in [-0.2, 0) is 10.0 Å². The van der Waals surface area contributed by atoms with Crippen LogP contribution in [0.15, 0.2) is 29.2 Å². The van der Waals surface area contributed by atoms with Crippen molar-refractivity contribution in [3.63, 3.8) is 0 Å². The third-order valence-electron chi connectivity index (χ3n) is 1.51. The summed E-state index contributed by atoms with van der Waals surface area (Å²) >= 11 is 3.10. The second-order valence-corrected chi connectivity index (χ2v) is 5.10. The molecular weight excluding hydrogens is 273 g/mol. The van der Waals surface area contributed by atoms with Crippen molar-refractivity contribution in [1.82, 2.24) is 4.72 Å². The van der Waals surface area contributed by atoms with Crippen molar-refractivity contribution in [2.75, 3.05) is 11.9 Å². The summed E-state index contributed by atoms with van der Waals surface area (Å²) in [5.41, 5.74) is 0. The third kappa shape index (κ3) is 3.04. The molecule has 0 saturated heterocycles. The Bertz CT molecular complexity index is 390. The fourth-order valence-electron chi connectivity index (χ4n) is 0.870. The topological polar surface area (TPSA) is 46.2 Å². The van der Waals surface area contributed by atoms with Crippen molar-refractivity contribution in [1.29, 1.82) is 0 Å². The SMILES string of the molecule is O=S(=O)(NCCBr)c1ccc(F)cc1. The predicted molar refractivity (Wildman–Crippen MR) is 55.4 cm³/mol. The Labute approximate surface area is 90.5 Å². The first kappa shape index (κ1) is 11.6. The van der Waals surface area contributed by atoms with Gasteiger partial charge in [0.05, 0.1) is 4.90 Å². The van der Waals surface area contributed by atoms with E-state index >= 15 is 0 Å². The highest BCUT2D eigenvalue weighted by molar-refractivity contribution is 9.09. The summed E-state index contributed by atoms with van der Waals surface area (Å²) in [6.07, 6.45) is 0. The Hall–Kier alpha value is -0.460. The van der Waals surface area contributed by atoms with Gasteiger partial charge in [-0.1, -0.05) is 15.9 Å². The minimum absolute atomic E-state index is 0.0693. The fourth-order valence-corrected chi connectivity index (χ4v) is 2.36. The number of hydrogen-bond donors (Lipinski definition) is 1. The van der Waals surface area contributed by atoms with Crippen molar-refractivity contribution >= 4 is 26.0 Å². The van der Waals surface area contributed by atoms with Crippen LogP contribution >= 0.6 is 15.9 Å². The van der Waals surface area contributed by atoms with E-state index < -0.39 is 15.8 Å². The van der Waals surface area contributed by atoms with Crippen molar-refractivity contribution in [3.8, 4) is 0 Å². The number of sulfonamides is 1.